The van der Waals surface area contributed by atoms with Crippen LogP contribution in [0.15, 0.2) is 0 Å². The first-order valence-corrected chi connectivity index (χ1v) is 12.1. The van der Waals surface area contributed by atoms with Crippen LogP contribution in [0.5, 0.6) is 0 Å². The van der Waals surface area contributed by atoms with Gasteiger partial charge in [0.2, 0.25) is 0 Å². The highest BCUT2D eigenvalue weighted by Gasteiger charge is 2.68. The van der Waals surface area contributed by atoms with E-state index < -0.39 is 9.76 Å². The molecule has 5 unspecified atom stereocenters. The van der Waals surface area contributed by atoms with Crippen molar-refractivity contribution in [3.63, 3.8) is 0 Å². The van der Waals surface area contributed by atoms with E-state index in [1.54, 1.807) is 0 Å². The first-order valence-electron chi connectivity index (χ1n) is 10.7. The lowest BCUT2D eigenvalue weighted by Gasteiger charge is -2.51. The highest BCUT2D eigenvalue weighted by Crippen LogP contribution is 2.71. The quantitative estimate of drug-likeness (QED) is 0.688. The molecule has 0 saturated heterocycles. The zero-order valence-electron chi connectivity index (χ0n) is 17.8. The Labute approximate surface area is 158 Å². The number of hydrogen-bond donors (Lipinski definition) is 1. The summed E-state index contributed by atoms with van der Waals surface area (Å²) < 4.78 is 7.20. The van der Waals surface area contributed by atoms with Crippen molar-refractivity contribution >= 4 is 9.76 Å². The highest BCUT2D eigenvalue weighted by molar-refractivity contribution is 6.30. The third kappa shape index (κ3) is 3.27. The molecule has 3 heteroatoms. The number of rotatable bonds is 5. The molecule has 0 amide bonds. The summed E-state index contributed by atoms with van der Waals surface area (Å²) in [5.74, 6) is 1.66. The lowest BCUT2D eigenvalue weighted by atomic mass is 9.65. The van der Waals surface area contributed by atoms with E-state index in [0.717, 1.165) is 18.3 Å². The van der Waals surface area contributed by atoms with Gasteiger partial charge in [-0.15, -0.1) is 0 Å². The lowest BCUT2D eigenvalue weighted by Crippen LogP contribution is -2.52. The van der Waals surface area contributed by atoms with Gasteiger partial charge in [-0.25, -0.2) is 0 Å². The molecule has 1 N–H and O–H groups in total. The molecule has 0 heterocycles. The van der Waals surface area contributed by atoms with Gasteiger partial charge >= 0.3 is 0 Å². The third-order valence-corrected chi connectivity index (χ3v) is 11.5. The molecule has 3 aliphatic carbocycles. The van der Waals surface area contributed by atoms with Crippen LogP contribution in [0.25, 0.3) is 0 Å². The second-order valence-electron chi connectivity index (χ2n) is 11.8. The van der Waals surface area contributed by atoms with Crippen molar-refractivity contribution in [1.29, 1.82) is 0 Å². The van der Waals surface area contributed by atoms with E-state index in [1.165, 1.54) is 38.5 Å². The molecule has 25 heavy (non-hydrogen) atoms. The molecular weight excluding hydrogens is 324 g/mol. The zero-order valence-corrected chi connectivity index (χ0v) is 19.2. The van der Waals surface area contributed by atoms with Crippen molar-refractivity contribution in [1.82, 2.24) is 0 Å². The number of aliphatic hydroxyl groups is 1. The molecule has 3 saturated carbocycles. The molecule has 3 aliphatic rings. The Morgan fingerprint density at radius 2 is 1.72 bits per heavy atom. The predicted molar refractivity (Wildman–Crippen MR) is 108 cm³/mol. The van der Waals surface area contributed by atoms with E-state index >= 15 is 0 Å². The summed E-state index contributed by atoms with van der Waals surface area (Å²) >= 11 is 0. The first kappa shape index (κ1) is 19.9. The van der Waals surface area contributed by atoms with Crippen LogP contribution in [-0.2, 0) is 4.43 Å². The van der Waals surface area contributed by atoms with Crippen LogP contribution in [0, 0.1) is 28.1 Å². The number of fused-ring (bicyclic) bond motifs is 5. The Kier molecular flexibility index (Phi) is 5.04. The highest BCUT2D eigenvalue weighted by atomic mass is 28.2. The topological polar surface area (TPSA) is 29.5 Å². The Hall–Kier alpha value is 0.137. The minimum atomic E-state index is -0.645. The fourth-order valence-corrected chi connectivity index (χ4v) is 9.59. The van der Waals surface area contributed by atoms with E-state index in [1.807, 2.05) is 6.92 Å². The van der Waals surface area contributed by atoms with Crippen LogP contribution in [0.3, 0.4) is 0 Å². The second-order valence-corrected chi connectivity index (χ2v) is 13.3. The molecule has 0 aromatic rings. The molecule has 5 atom stereocenters. The average molecular weight is 367 g/mol. The molecule has 0 radical (unpaired) electrons. The van der Waals surface area contributed by atoms with Crippen LogP contribution in [-0.4, -0.2) is 26.6 Å². The maximum absolute atomic E-state index is 10.3. The molecule has 3 fully saturated rings. The van der Waals surface area contributed by atoms with Gasteiger partial charge in [-0.3, -0.25) is 0 Å². The standard InChI is InChI=1S/C22H42O2Si/c1-15(23)13-21-12-10-16(14-21)17-9-8-11-22(17,21)24-25-18(19(2,3)4)20(5,6)7/h15-18,23H,8-14,25H2,1-7H3. The second kappa shape index (κ2) is 6.34. The maximum Gasteiger partial charge on any atom is 0.166 e. The molecule has 0 aliphatic heterocycles. The molecule has 146 valence electrons. The number of aliphatic hydroxyl groups excluding tert-OH is 1. The summed E-state index contributed by atoms with van der Waals surface area (Å²) in [6, 6.07) is 0. The van der Waals surface area contributed by atoms with Gasteiger partial charge in [0.25, 0.3) is 0 Å². The molecule has 0 aromatic heterocycles. The van der Waals surface area contributed by atoms with Crippen molar-refractivity contribution in [3.05, 3.63) is 0 Å². The van der Waals surface area contributed by atoms with Crippen molar-refractivity contribution in [2.45, 2.75) is 111 Å². The largest absolute Gasteiger partial charge is 0.417 e. The monoisotopic (exact) mass is 366 g/mol. The van der Waals surface area contributed by atoms with Crippen molar-refractivity contribution in [2.24, 2.45) is 28.1 Å². The van der Waals surface area contributed by atoms with Crippen LogP contribution in [0.1, 0.15) is 93.4 Å². The first-order chi connectivity index (χ1) is 11.4. The Bertz CT molecular complexity index is 475. The smallest absolute Gasteiger partial charge is 0.166 e. The van der Waals surface area contributed by atoms with Gasteiger partial charge in [-0.2, -0.15) is 0 Å². The maximum atomic E-state index is 10.3. The molecule has 3 rings (SSSR count). The Balaban J connectivity index is 1.86. The van der Waals surface area contributed by atoms with Gasteiger partial charge in [0.15, 0.2) is 9.76 Å². The van der Waals surface area contributed by atoms with Crippen molar-refractivity contribution in [2.75, 3.05) is 0 Å². The lowest BCUT2D eigenvalue weighted by molar-refractivity contribution is -0.0918. The van der Waals surface area contributed by atoms with Gasteiger partial charge in [0.1, 0.15) is 0 Å². The van der Waals surface area contributed by atoms with Gasteiger partial charge in [-0.05, 0) is 73.7 Å². The molecule has 0 aromatic carbocycles. The van der Waals surface area contributed by atoms with E-state index in [0.29, 0.717) is 16.4 Å². The minimum Gasteiger partial charge on any atom is -0.417 e. The molecule has 2 nitrogen and oxygen atoms in total. The van der Waals surface area contributed by atoms with Crippen molar-refractivity contribution in [3.8, 4) is 0 Å². The van der Waals surface area contributed by atoms with Gasteiger partial charge < -0.3 is 9.53 Å². The molecule has 0 spiro atoms. The van der Waals surface area contributed by atoms with Gasteiger partial charge in [-0.1, -0.05) is 48.0 Å². The Morgan fingerprint density at radius 1 is 1.08 bits per heavy atom. The predicted octanol–water partition coefficient (Wildman–Crippen LogP) is 5.08. The summed E-state index contributed by atoms with van der Waals surface area (Å²) in [7, 11) is -0.645. The normalized spacial score (nSPS) is 39.7. The van der Waals surface area contributed by atoms with Crippen molar-refractivity contribution < 1.29 is 9.53 Å². The fourth-order valence-electron chi connectivity index (χ4n) is 7.46. The Morgan fingerprint density at radius 3 is 2.28 bits per heavy atom. The zero-order chi connectivity index (χ0) is 18.7. The van der Waals surface area contributed by atoms with E-state index in [4.69, 9.17) is 4.43 Å². The minimum absolute atomic E-state index is 0.119. The molecular formula is C22H42O2Si. The summed E-state index contributed by atoms with van der Waals surface area (Å²) in [4.78, 5) is 0. The number of hydrogen-bond acceptors (Lipinski definition) is 2. The van der Waals surface area contributed by atoms with Crippen LogP contribution in [0.2, 0.25) is 5.54 Å². The van der Waals surface area contributed by atoms with Crippen LogP contribution in [0.4, 0.5) is 0 Å². The average Bonchev–Trinajstić information content (AvgIpc) is 3.04. The van der Waals surface area contributed by atoms with Crippen LogP contribution >= 0.6 is 0 Å². The summed E-state index contributed by atoms with van der Waals surface area (Å²) in [5, 5.41) is 10.3. The fraction of sp³-hybridized carbons (Fsp3) is 1.00. The van der Waals surface area contributed by atoms with E-state index in [-0.39, 0.29) is 17.1 Å². The van der Waals surface area contributed by atoms with Crippen LogP contribution < -0.4 is 0 Å². The van der Waals surface area contributed by atoms with E-state index in [9.17, 15) is 5.11 Å². The van der Waals surface area contributed by atoms with Gasteiger partial charge in [0.05, 0.1) is 11.7 Å². The summed E-state index contributed by atoms with van der Waals surface area (Å²) in [6.45, 7) is 16.4. The van der Waals surface area contributed by atoms with Gasteiger partial charge in [0, 0.05) is 5.41 Å². The van der Waals surface area contributed by atoms with E-state index in [2.05, 4.69) is 41.5 Å². The third-order valence-electron chi connectivity index (χ3n) is 8.06. The summed E-state index contributed by atoms with van der Waals surface area (Å²) in [6.07, 6.45) is 8.74. The summed E-state index contributed by atoms with van der Waals surface area (Å²) in [5.41, 5.74) is 1.70. The SMILES string of the molecule is CC(O)CC12CCC(C1)C1CCCC12O[SiH2]C(C(C)(C)C)C(C)(C)C. The molecule has 2 bridgehead atoms.